The van der Waals surface area contributed by atoms with Crippen LogP contribution >= 0.6 is 15.9 Å². The van der Waals surface area contributed by atoms with Crippen LogP contribution in [0.3, 0.4) is 0 Å². The summed E-state index contributed by atoms with van der Waals surface area (Å²) in [4.78, 5) is 13.8. The fourth-order valence-corrected chi connectivity index (χ4v) is 1.84. The summed E-state index contributed by atoms with van der Waals surface area (Å²) in [5, 5.41) is 8.41. The van der Waals surface area contributed by atoms with Crippen LogP contribution in [0, 0.1) is 0 Å². The lowest BCUT2D eigenvalue weighted by atomic mass is 10.2. The number of alkyl halides is 3. The van der Waals surface area contributed by atoms with E-state index in [-0.39, 0.29) is 5.56 Å². The zero-order chi connectivity index (χ0) is 14.9. The third-order valence-corrected chi connectivity index (χ3v) is 2.83. The van der Waals surface area contributed by atoms with E-state index in [1.807, 2.05) is 0 Å². The standard InChI is InChI=1S/C11H5BrF3NO4/c12-6-4-2-1-3-5(6)8-16-9(20-10(17)18)7(19-8)11(13,14)15/h1-4H,(H,17,18). The van der Waals surface area contributed by atoms with Gasteiger partial charge in [0, 0.05) is 4.47 Å². The van der Waals surface area contributed by atoms with E-state index in [1.54, 1.807) is 18.2 Å². The Kier molecular flexibility index (Phi) is 3.71. The molecule has 0 spiro atoms. The second-order valence-electron chi connectivity index (χ2n) is 3.50. The van der Waals surface area contributed by atoms with Crippen molar-refractivity contribution in [2.24, 2.45) is 0 Å². The molecule has 20 heavy (non-hydrogen) atoms. The van der Waals surface area contributed by atoms with Gasteiger partial charge in [0.25, 0.3) is 11.6 Å². The molecule has 0 atom stereocenters. The monoisotopic (exact) mass is 351 g/mol. The number of halogens is 4. The summed E-state index contributed by atoms with van der Waals surface area (Å²) in [6.07, 6.45) is -6.83. The normalized spacial score (nSPS) is 11.4. The first-order valence-corrected chi connectivity index (χ1v) is 5.82. The molecule has 0 radical (unpaired) electrons. The van der Waals surface area contributed by atoms with Crippen LogP contribution in [0.4, 0.5) is 18.0 Å². The van der Waals surface area contributed by atoms with E-state index in [9.17, 15) is 18.0 Å². The van der Waals surface area contributed by atoms with Crippen LogP contribution in [-0.2, 0) is 6.18 Å². The highest BCUT2D eigenvalue weighted by atomic mass is 79.9. The van der Waals surface area contributed by atoms with Gasteiger partial charge in [-0.3, -0.25) is 0 Å². The number of carboxylic acid groups (broad SMARTS) is 1. The summed E-state index contributed by atoms with van der Waals surface area (Å²) in [7, 11) is 0. The van der Waals surface area contributed by atoms with Crippen molar-refractivity contribution in [2.75, 3.05) is 0 Å². The SMILES string of the molecule is O=C(O)Oc1nc(-c2ccccc2Br)oc1C(F)(F)F. The fourth-order valence-electron chi connectivity index (χ4n) is 1.39. The quantitative estimate of drug-likeness (QED) is 0.821. The van der Waals surface area contributed by atoms with Crippen LogP contribution in [0.1, 0.15) is 5.76 Å². The van der Waals surface area contributed by atoms with Crippen LogP contribution in [0.5, 0.6) is 5.88 Å². The summed E-state index contributed by atoms with van der Waals surface area (Å²) >= 11 is 3.13. The smallest absolute Gasteiger partial charge is 0.449 e. The van der Waals surface area contributed by atoms with Gasteiger partial charge in [-0.05, 0) is 28.1 Å². The van der Waals surface area contributed by atoms with Crippen molar-refractivity contribution < 1.29 is 32.2 Å². The molecule has 106 valence electrons. The van der Waals surface area contributed by atoms with Gasteiger partial charge < -0.3 is 14.3 Å². The molecule has 5 nitrogen and oxygen atoms in total. The van der Waals surface area contributed by atoms with Gasteiger partial charge in [-0.25, -0.2) is 4.79 Å². The van der Waals surface area contributed by atoms with Gasteiger partial charge in [-0.1, -0.05) is 12.1 Å². The molecule has 1 heterocycles. The van der Waals surface area contributed by atoms with E-state index in [1.165, 1.54) is 6.07 Å². The molecule has 2 aromatic rings. The Balaban J connectivity index is 2.55. The first-order chi connectivity index (χ1) is 9.29. The highest BCUT2D eigenvalue weighted by molar-refractivity contribution is 9.10. The van der Waals surface area contributed by atoms with Crippen LogP contribution in [-0.4, -0.2) is 16.2 Å². The molecule has 0 aliphatic rings. The van der Waals surface area contributed by atoms with Gasteiger partial charge in [-0.15, -0.1) is 0 Å². The predicted octanol–water partition coefficient (Wildman–Crippen LogP) is 4.18. The molecule has 0 amide bonds. The third-order valence-electron chi connectivity index (χ3n) is 2.14. The molecule has 9 heteroatoms. The molecule has 0 saturated heterocycles. The molecule has 0 aliphatic carbocycles. The molecule has 1 N–H and O–H groups in total. The van der Waals surface area contributed by atoms with Crippen LogP contribution < -0.4 is 4.74 Å². The van der Waals surface area contributed by atoms with Gasteiger partial charge in [0.2, 0.25) is 5.89 Å². The Morgan fingerprint density at radius 3 is 2.55 bits per heavy atom. The number of hydrogen-bond donors (Lipinski definition) is 1. The number of carbonyl (C=O) groups is 1. The van der Waals surface area contributed by atoms with E-state index >= 15 is 0 Å². The highest BCUT2D eigenvalue weighted by Gasteiger charge is 2.42. The number of oxazole rings is 1. The number of ether oxygens (including phenoxy) is 1. The number of nitrogens with zero attached hydrogens (tertiary/aromatic N) is 1. The van der Waals surface area contributed by atoms with Gasteiger partial charge in [0.15, 0.2) is 0 Å². The van der Waals surface area contributed by atoms with Crippen molar-refractivity contribution in [3.63, 3.8) is 0 Å². The highest BCUT2D eigenvalue weighted by Crippen LogP contribution is 2.40. The molecule has 1 aromatic heterocycles. The molecule has 2 rings (SSSR count). The largest absolute Gasteiger partial charge is 0.512 e. The van der Waals surface area contributed by atoms with Crippen LogP contribution in [0.2, 0.25) is 0 Å². The van der Waals surface area contributed by atoms with Gasteiger partial charge in [-0.2, -0.15) is 18.2 Å². The van der Waals surface area contributed by atoms with Crippen molar-refractivity contribution >= 4 is 22.1 Å². The average molecular weight is 352 g/mol. The average Bonchev–Trinajstić information content (AvgIpc) is 2.72. The molecular weight excluding hydrogens is 347 g/mol. The number of aromatic nitrogens is 1. The Hall–Kier alpha value is -2.03. The third kappa shape index (κ3) is 2.93. The lowest BCUT2D eigenvalue weighted by Crippen LogP contribution is -2.10. The maximum atomic E-state index is 12.7. The first kappa shape index (κ1) is 14.4. The fraction of sp³-hybridized carbons (Fsp3) is 0.0909. The molecule has 0 saturated carbocycles. The summed E-state index contributed by atoms with van der Waals surface area (Å²) in [5.74, 6) is -3.15. The van der Waals surface area contributed by atoms with Crippen molar-refractivity contribution in [2.45, 2.75) is 6.18 Å². The molecule has 0 aliphatic heterocycles. The Morgan fingerprint density at radius 1 is 1.35 bits per heavy atom. The summed E-state index contributed by atoms with van der Waals surface area (Å²) in [5.41, 5.74) is 0.234. The Labute approximate surface area is 118 Å². The van der Waals surface area contributed by atoms with Crippen LogP contribution in [0.15, 0.2) is 33.2 Å². The number of benzene rings is 1. The zero-order valence-corrected chi connectivity index (χ0v) is 11.0. The minimum atomic E-state index is -4.92. The lowest BCUT2D eigenvalue weighted by Gasteiger charge is -2.02. The minimum absolute atomic E-state index is 0.234. The molecule has 0 bridgehead atoms. The second kappa shape index (κ2) is 5.16. The summed E-state index contributed by atoms with van der Waals surface area (Å²) < 4.78 is 47.2. The minimum Gasteiger partial charge on any atom is -0.449 e. The van der Waals surface area contributed by atoms with E-state index in [0.29, 0.717) is 4.47 Å². The van der Waals surface area contributed by atoms with Crippen molar-refractivity contribution in [1.82, 2.24) is 4.98 Å². The summed E-state index contributed by atoms with van der Waals surface area (Å²) in [6, 6.07) is 6.25. The maximum Gasteiger partial charge on any atom is 0.512 e. The molecular formula is C11H5BrF3NO4. The van der Waals surface area contributed by atoms with Gasteiger partial charge >= 0.3 is 12.3 Å². The molecule has 1 aromatic carbocycles. The second-order valence-corrected chi connectivity index (χ2v) is 4.35. The summed E-state index contributed by atoms with van der Waals surface area (Å²) in [6.45, 7) is 0. The topological polar surface area (TPSA) is 72.6 Å². The van der Waals surface area contributed by atoms with E-state index in [2.05, 4.69) is 30.1 Å². The van der Waals surface area contributed by atoms with Crippen molar-refractivity contribution in [3.05, 3.63) is 34.5 Å². The van der Waals surface area contributed by atoms with Gasteiger partial charge in [0.1, 0.15) is 0 Å². The number of hydrogen-bond acceptors (Lipinski definition) is 4. The van der Waals surface area contributed by atoms with E-state index in [4.69, 9.17) is 5.11 Å². The Morgan fingerprint density at radius 2 is 2.00 bits per heavy atom. The first-order valence-electron chi connectivity index (χ1n) is 5.02. The Bertz CT molecular complexity index is 653. The lowest BCUT2D eigenvalue weighted by molar-refractivity contribution is -0.153. The van der Waals surface area contributed by atoms with E-state index < -0.39 is 29.9 Å². The zero-order valence-electron chi connectivity index (χ0n) is 9.44. The van der Waals surface area contributed by atoms with Crippen LogP contribution in [0.25, 0.3) is 11.5 Å². The van der Waals surface area contributed by atoms with Crippen molar-refractivity contribution in [1.29, 1.82) is 0 Å². The maximum absolute atomic E-state index is 12.7. The predicted molar refractivity (Wildman–Crippen MR) is 63.3 cm³/mol. The van der Waals surface area contributed by atoms with Crippen molar-refractivity contribution in [3.8, 4) is 17.3 Å². The van der Waals surface area contributed by atoms with Gasteiger partial charge in [0.05, 0.1) is 5.56 Å². The molecule has 0 unspecified atom stereocenters. The molecule has 0 fully saturated rings. The van der Waals surface area contributed by atoms with E-state index in [0.717, 1.165) is 0 Å². The number of rotatable bonds is 2.